The van der Waals surface area contributed by atoms with Crippen LogP contribution in [0, 0.1) is 0 Å². The van der Waals surface area contributed by atoms with Gasteiger partial charge in [0.1, 0.15) is 6.04 Å². The van der Waals surface area contributed by atoms with E-state index in [0.717, 1.165) is 24.9 Å². The van der Waals surface area contributed by atoms with Gasteiger partial charge in [-0.2, -0.15) is 0 Å². The van der Waals surface area contributed by atoms with Crippen LogP contribution in [0.4, 0.5) is 0 Å². The van der Waals surface area contributed by atoms with Crippen molar-refractivity contribution in [2.45, 2.75) is 31.8 Å². The summed E-state index contributed by atoms with van der Waals surface area (Å²) >= 11 is 0. The Morgan fingerprint density at radius 1 is 1.39 bits per heavy atom. The first-order valence-electron chi connectivity index (χ1n) is 6.11. The van der Waals surface area contributed by atoms with E-state index in [-0.39, 0.29) is 5.91 Å². The van der Waals surface area contributed by atoms with Crippen molar-refractivity contribution in [3.8, 4) is 0 Å². The maximum Gasteiger partial charge on any atom is 0.309 e. The second kappa shape index (κ2) is 6.14. The molecule has 1 atom stereocenters. The number of amides is 2. The summed E-state index contributed by atoms with van der Waals surface area (Å²) in [7, 11) is 0. The van der Waals surface area contributed by atoms with Gasteiger partial charge < -0.3 is 10.2 Å². The number of carbonyl (C=O) groups is 1. The lowest BCUT2D eigenvalue weighted by atomic mass is 10.1. The highest BCUT2D eigenvalue weighted by Crippen LogP contribution is 2.14. The Kier molecular flexibility index (Phi) is 4.28. The molecule has 5 heteroatoms. The van der Waals surface area contributed by atoms with Crippen molar-refractivity contribution in [3.63, 3.8) is 0 Å². The number of pyridine rings is 1. The molecule has 0 spiro atoms. The number of carbonyl (C=O) groups excluding carboxylic acids is 2. The maximum absolute atomic E-state index is 12.2. The van der Waals surface area contributed by atoms with E-state index < -0.39 is 6.04 Å². The van der Waals surface area contributed by atoms with E-state index in [1.165, 1.54) is 0 Å². The normalized spacial score (nSPS) is 20.3. The van der Waals surface area contributed by atoms with Crippen LogP contribution >= 0.6 is 0 Å². The van der Waals surface area contributed by atoms with Crippen LogP contribution in [0.15, 0.2) is 24.5 Å². The number of hydrogen-bond acceptors (Lipinski definition) is 3. The van der Waals surface area contributed by atoms with Gasteiger partial charge in [-0.05, 0) is 37.0 Å². The van der Waals surface area contributed by atoms with Crippen molar-refractivity contribution in [1.29, 1.82) is 0 Å². The zero-order valence-electron chi connectivity index (χ0n) is 10.1. The standard InChI is InChI=1S/C13H16N3O2/c17-10-15-12-3-1-2-8-16(13(12)18)9-11-4-6-14-7-5-11/h4-7,12H,1-3,8-9H2,(H,15,17)/t12-/m0/s1. The minimum atomic E-state index is -0.424. The second-order valence-corrected chi connectivity index (χ2v) is 4.41. The van der Waals surface area contributed by atoms with Crippen LogP contribution in [0.5, 0.6) is 0 Å². The van der Waals surface area contributed by atoms with Gasteiger partial charge >= 0.3 is 6.41 Å². The lowest BCUT2D eigenvalue weighted by molar-refractivity contribution is -0.133. The van der Waals surface area contributed by atoms with E-state index in [0.29, 0.717) is 13.0 Å². The molecule has 1 N–H and O–H groups in total. The first kappa shape index (κ1) is 12.5. The quantitative estimate of drug-likeness (QED) is 0.792. The summed E-state index contributed by atoms with van der Waals surface area (Å²) in [4.78, 5) is 28.3. The topological polar surface area (TPSA) is 62.3 Å². The maximum atomic E-state index is 12.2. The molecule has 1 aromatic heterocycles. The first-order chi connectivity index (χ1) is 8.81. The molecule has 0 aromatic carbocycles. The Labute approximate surface area is 106 Å². The van der Waals surface area contributed by atoms with Crippen LogP contribution in [0.1, 0.15) is 24.8 Å². The predicted molar refractivity (Wildman–Crippen MR) is 66.1 cm³/mol. The third-order valence-electron chi connectivity index (χ3n) is 3.14. The van der Waals surface area contributed by atoms with Gasteiger partial charge in [-0.25, -0.2) is 0 Å². The third-order valence-corrected chi connectivity index (χ3v) is 3.14. The number of nitrogens with one attached hydrogen (secondary N) is 1. The van der Waals surface area contributed by atoms with Crippen LogP contribution in [0.2, 0.25) is 0 Å². The van der Waals surface area contributed by atoms with Gasteiger partial charge in [-0.1, -0.05) is 0 Å². The Bertz CT molecular complexity index is 408. The van der Waals surface area contributed by atoms with Gasteiger partial charge in [0, 0.05) is 25.5 Å². The number of likely N-dealkylation sites (tertiary alicyclic amines) is 1. The smallest absolute Gasteiger partial charge is 0.309 e. The van der Waals surface area contributed by atoms with Gasteiger partial charge in [-0.15, -0.1) is 0 Å². The van der Waals surface area contributed by atoms with Crippen LogP contribution in [-0.2, 0) is 16.1 Å². The molecular weight excluding hydrogens is 230 g/mol. The lowest BCUT2D eigenvalue weighted by Crippen LogP contribution is -2.44. The summed E-state index contributed by atoms with van der Waals surface area (Å²) in [5.74, 6) is -0.0207. The molecular formula is C13H16N3O2. The highest BCUT2D eigenvalue weighted by Gasteiger charge is 2.26. The van der Waals surface area contributed by atoms with Crippen molar-refractivity contribution in [3.05, 3.63) is 30.1 Å². The van der Waals surface area contributed by atoms with E-state index in [1.54, 1.807) is 23.7 Å². The zero-order chi connectivity index (χ0) is 12.8. The van der Waals surface area contributed by atoms with E-state index >= 15 is 0 Å². The van der Waals surface area contributed by atoms with Crippen LogP contribution in [-0.4, -0.2) is 34.8 Å². The molecule has 0 aliphatic carbocycles. The highest BCUT2D eigenvalue weighted by molar-refractivity contribution is 5.84. The Morgan fingerprint density at radius 2 is 2.17 bits per heavy atom. The van der Waals surface area contributed by atoms with Crippen molar-refractivity contribution in [1.82, 2.24) is 15.2 Å². The first-order valence-corrected chi connectivity index (χ1v) is 6.11. The van der Waals surface area contributed by atoms with Gasteiger partial charge in [0.15, 0.2) is 0 Å². The molecule has 0 bridgehead atoms. The predicted octanol–water partition coefficient (Wildman–Crippen LogP) is 0.619. The summed E-state index contributed by atoms with van der Waals surface area (Å²) < 4.78 is 0. The second-order valence-electron chi connectivity index (χ2n) is 4.41. The van der Waals surface area contributed by atoms with Gasteiger partial charge in [0.2, 0.25) is 5.91 Å². The van der Waals surface area contributed by atoms with E-state index in [9.17, 15) is 9.59 Å². The molecule has 0 saturated carbocycles. The Balaban J connectivity index is 2.06. The third kappa shape index (κ3) is 3.06. The monoisotopic (exact) mass is 246 g/mol. The van der Waals surface area contributed by atoms with Gasteiger partial charge in [-0.3, -0.25) is 14.6 Å². The molecule has 2 rings (SSSR count). The zero-order valence-corrected chi connectivity index (χ0v) is 10.1. The summed E-state index contributed by atoms with van der Waals surface area (Å²) in [6.07, 6.45) is 7.66. The molecule has 1 aromatic rings. The van der Waals surface area contributed by atoms with Crippen molar-refractivity contribution < 1.29 is 9.59 Å². The lowest BCUT2D eigenvalue weighted by Gasteiger charge is -2.23. The summed E-state index contributed by atoms with van der Waals surface area (Å²) in [6, 6.07) is 3.37. The van der Waals surface area contributed by atoms with Gasteiger partial charge in [0.25, 0.3) is 0 Å². The minimum Gasteiger partial charge on any atom is -0.337 e. The summed E-state index contributed by atoms with van der Waals surface area (Å²) in [6.45, 7) is 1.30. The SMILES string of the molecule is O=[C]N[C@H]1CCCCN(Cc2ccncc2)C1=O. The summed E-state index contributed by atoms with van der Waals surface area (Å²) in [5.41, 5.74) is 1.05. The minimum absolute atomic E-state index is 0.0207. The van der Waals surface area contributed by atoms with Crippen LogP contribution in [0.3, 0.4) is 0 Å². The van der Waals surface area contributed by atoms with E-state index in [2.05, 4.69) is 10.3 Å². The highest BCUT2D eigenvalue weighted by atomic mass is 16.2. The molecule has 1 aliphatic heterocycles. The largest absolute Gasteiger partial charge is 0.337 e. The van der Waals surface area contributed by atoms with Crippen molar-refractivity contribution >= 4 is 12.3 Å². The Morgan fingerprint density at radius 3 is 2.89 bits per heavy atom. The molecule has 0 unspecified atom stereocenters. The molecule has 1 saturated heterocycles. The number of rotatable bonds is 4. The molecule has 1 radical (unpaired) electrons. The van der Waals surface area contributed by atoms with Crippen molar-refractivity contribution in [2.24, 2.45) is 0 Å². The Hall–Kier alpha value is -1.91. The number of nitrogens with zero attached hydrogens (tertiary/aromatic N) is 2. The summed E-state index contributed by atoms with van der Waals surface area (Å²) in [5, 5.41) is 2.48. The van der Waals surface area contributed by atoms with E-state index in [4.69, 9.17) is 0 Å². The fourth-order valence-corrected chi connectivity index (χ4v) is 2.18. The molecule has 18 heavy (non-hydrogen) atoms. The average molecular weight is 246 g/mol. The average Bonchev–Trinajstić information content (AvgIpc) is 2.56. The molecule has 5 nitrogen and oxygen atoms in total. The molecule has 1 aliphatic rings. The number of hydrogen-bond donors (Lipinski definition) is 1. The number of aromatic nitrogens is 1. The molecule has 1 fully saturated rings. The molecule has 2 heterocycles. The van der Waals surface area contributed by atoms with Gasteiger partial charge in [0.05, 0.1) is 0 Å². The van der Waals surface area contributed by atoms with Crippen LogP contribution < -0.4 is 5.32 Å². The van der Waals surface area contributed by atoms with E-state index in [1.807, 2.05) is 12.1 Å². The molecule has 2 amide bonds. The molecule has 95 valence electrons. The van der Waals surface area contributed by atoms with Crippen LogP contribution in [0.25, 0.3) is 0 Å². The fraction of sp³-hybridized carbons (Fsp3) is 0.462. The fourth-order valence-electron chi connectivity index (χ4n) is 2.18. The van der Waals surface area contributed by atoms with Crippen molar-refractivity contribution in [2.75, 3.05) is 6.54 Å².